The molecule has 2 aliphatic heterocycles. The lowest BCUT2D eigenvalue weighted by Gasteiger charge is -2.31. The fourth-order valence-corrected chi connectivity index (χ4v) is 4.28. The molecule has 33 heavy (non-hydrogen) atoms. The fraction of sp³-hybridized carbons (Fsp3) is 0.280. The predicted molar refractivity (Wildman–Crippen MR) is 124 cm³/mol. The maximum Gasteiger partial charge on any atom is 0.146 e. The van der Waals surface area contributed by atoms with E-state index >= 15 is 0 Å². The molecule has 7 nitrogen and oxygen atoms in total. The van der Waals surface area contributed by atoms with E-state index < -0.39 is 18.1 Å². The highest BCUT2D eigenvalue weighted by Crippen LogP contribution is 2.34. The van der Waals surface area contributed by atoms with Crippen LogP contribution in [0.3, 0.4) is 0 Å². The molecule has 1 fully saturated rings. The van der Waals surface area contributed by atoms with Crippen LogP contribution in [0.4, 0.5) is 10.1 Å². The number of aliphatic hydroxyl groups excluding tert-OH is 2. The van der Waals surface area contributed by atoms with Crippen molar-refractivity contribution in [1.82, 2.24) is 14.9 Å². The highest BCUT2D eigenvalue weighted by molar-refractivity contribution is 5.94. The van der Waals surface area contributed by atoms with Crippen LogP contribution in [0.1, 0.15) is 11.7 Å². The van der Waals surface area contributed by atoms with Gasteiger partial charge in [0.15, 0.2) is 0 Å². The van der Waals surface area contributed by atoms with Crippen LogP contribution in [0.15, 0.2) is 66.7 Å². The Hall–Kier alpha value is -3.33. The zero-order valence-corrected chi connectivity index (χ0v) is 18.2. The molecule has 0 spiro atoms. The van der Waals surface area contributed by atoms with Crippen LogP contribution in [0.2, 0.25) is 0 Å². The molecule has 5 rings (SSSR count). The first kappa shape index (κ1) is 21.5. The summed E-state index contributed by atoms with van der Waals surface area (Å²) >= 11 is 0. The first-order valence-corrected chi connectivity index (χ1v) is 10.9. The van der Waals surface area contributed by atoms with Gasteiger partial charge in [0.1, 0.15) is 24.5 Å². The first-order chi connectivity index (χ1) is 16.0. The molecule has 2 N–H and O–H groups in total. The lowest BCUT2D eigenvalue weighted by molar-refractivity contribution is 0.0581. The van der Waals surface area contributed by atoms with Gasteiger partial charge in [-0.15, -0.1) is 0 Å². The van der Waals surface area contributed by atoms with Crippen molar-refractivity contribution in [3.63, 3.8) is 0 Å². The SMILES string of the molecule is CN1C(C(O)c2ccc(F)c(-c3ncnc4cc(N5CCOCC5)ccc34)c2)=CC=CC1O. The monoisotopic (exact) mass is 448 g/mol. The maximum atomic E-state index is 15.0. The fourth-order valence-electron chi connectivity index (χ4n) is 4.28. The summed E-state index contributed by atoms with van der Waals surface area (Å²) in [5, 5.41) is 21.7. The second-order valence-electron chi connectivity index (χ2n) is 8.17. The van der Waals surface area contributed by atoms with Gasteiger partial charge in [-0.3, -0.25) is 0 Å². The average molecular weight is 448 g/mol. The Balaban J connectivity index is 1.53. The molecular formula is C25H25FN4O3. The summed E-state index contributed by atoms with van der Waals surface area (Å²) in [6.07, 6.45) is 4.61. The molecule has 8 heteroatoms. The number of anilines is 1. The summed E-state index contributed by atoms with van der Waals surface area (Å²) in [6.45, 7) is 3.00. The minimum absolute atomic E-state index is 0.285. The molecule has 0 radical (unpaired) electrons. The molecule has 2 aliphatic rings. The van der Waals surface area contributed by atoms with Crippen molar-refractivity contribution in [2.45, 2.75) is 12.3 Å². The van der Waals surface area contributed by atoms with Crippen molar-refractivity contribution in [3.05, 3.63) is 78.0 Å². The largest absolute Gasteiger partial charge is 0.382 e. The number of nitrogens with zero attached hydrogens (tertiary/aromatic N) is 4. The van der Waals surface area contributed by atoms with Crippen molar-refractivity contribution in [3.8, 4) is 11.3 Å². The minimum Gasteiger partial charge on any atom is -0.382 e. The Morgan fingerprint density at radius 3 is 2.76 bits per heavy atom. The van der Waals surface area contributed by atoms with Gasteiger partial charge in [-0.05, 0) is 48.0 Å². The Labute approximate surface area is 191 Å². The Bertz CT molecular complexity index is 1240. The molecule has 2 aromatic carbocycles. The molecule has 0 saturated carbocycles. The van der Waals surface area contributed by atoms with Crippen LogP contribution in [0.25, 0.3) is 22.2 Å². The van der Waals surface area contributed by atoms with Crippen molar-refractivity contribution >= 4 is 16.6 Å². The number of fused-ring (bicyclic) bond motifs is 1. The van der Waals surface area contributed by atoms with Crippen molar-refractivity contribution in [2.75, 3.05) is 38.3 Å². The van der Waals surface area contributed by atoms with Crippen LogP contribution < -0.4 is 4.90 Å². The lowest BCUT2D eigenvalue weighted by Crippen LogP contribution is -2.36. The van der Waals surface area contributed by atoms with Gasteiger partial charge in [0, 0.05) is 42.5 Å². The topological polar surface area (TPSA) is 82.0 Å². The summed E-state index contributed by atoms with van der Waals surface area (Å²) in [6, 6.07) is 10.4. The average Bonchev–Trinajstić information content (AvgIpc) is 2.85. The third kappa shape index (κ3) is 4.08. The quantitative estimate of drug-likeness (QED) is 0.635. The molecule has 1 saturated heterocycles. The van der Waals surface area contributed by atoms with Crippen LogP contribution in [-0.2, 0) is 4.74 Å². The van der Waals surface area contributed by atoms with E-state index in [2.05, 4.69) is 14.9 Å². The highest BCUT2D eigenvalue weighted by atomic mass is 19.1. The van der Waals surface area contributed by atoms with E-state index in [0.717, 1.165) is 29.7 Å². The van der Waals surface area contributed by atoms with Gasteiger partial charge in [-0.2, -0.15) is 0 Å². The number of morpholine rings is 1. The molecule has 170 valence electrons. The number of aromatic nitrogens is 2. The Morgan fingerprint density at radius 2 is 1.94 bits per heavy atom. The maximum absolute atomic E-state index is 15.0. The first-order valence-electron chi connectivity index (χ1n) is 10.9. The molecule has 1 aromatic heterocycles. The molecule has 3 aromatic rings. The predicted octanol–water partition coefficient (Wildman–Crippen LogP) is 3.01. The molecule has 0 amide bonds. The number of allylic oxidation sites excluding steroid dienone is 2. The summed E-state index contributed by atoms with van der Waals surface area (Å²) in [4.78, 5) is 12.6. The standard InChI is InChI=1S/C25H25FN4O3/c1-29-22(3-2-4-23(29)31)25(32)16-5-8-20(26)19(13-16)24-18-7-6-17(14-21(18)27-15-28-24)30-9-11-33-12-10-30/h2-8,13-15,23,25,31-32H,9-12H2,1H3. The van der Waals surface area contributed by atoms with Gasteiger partial charge < -0.3 is 24.7 Å². The number of halogens is 1. The van der Waals surface area contributed by atoms with Gasteiger partial charge >= 0.3 is 0 Å². The zero-order valence-electron chi connectivity index (χ0n) is 18.2. The number of benzene rings is 2. The lowest BCUT2D eigenvalue weighted by atomic mass is 9.98. The number of rotatable bonds is 4. The van der Waals surface area contributed by atoms with E-state index in [1.54, 1.807) is 42.3 Å². The number of likely N-dealkylation sites (N-methyl/N-ethyl adjacent to an activating group) is 1. The van der Waals surface area contributed by atoms with E-state index in [1.165, 1.54) is 12.4 Å². The highest BCUT2D eigenvalue weighted by Gasteiger charge is 2.24. The van der Waals surface area contributed by atoms with Gasteiger partial charge in [-0.25, -0.2) is 14.4 Å². The minimum atomic E-state index is -1.03. The molecular weight excluding hydrogens is 423 g/mol. The number of ether oxygens (including phenoxy) is 1. The summed E-state index contributed by atoms with van der Waals surface area (Å²) in [5.41, 5.74) is 3.53. The zero-order chi connectivity index (χ0) is 22.9. The molecule has 2 atom stereocenters. The molecule has 2 unspecified atom stereocenters. The number of aliphatic hydroxyl groups is 2. The van der Waals surface area contributed by atoms with E-state index in [9.17, 15) is 14.6 Å². The summed E-state index contributed by atoms with van der Waals surface area (Å²) < 4.78 is 20.4. The van der Waals surface area contributed by atoms with E-state index in [4.69, 9.17) is 4.74 Å². The number of hydrogen-bond donors (Lipinski definition) is 2. The van der Waals surface area contributed by atoms with E-state index in [-0.39, 0.29) is 5.56 Å². The number of hydrogen-bond acceptors (Lipinski definition) is 7. The van der Waals surface area contributed by atoms with Crippen LogP contribution >= 0.6 is 0 Å². The van der Waals surface area contributed by atoms with E-state index in [1.807, 2.05) is 18.2 Å². The van der Waals surface area contributed by atoms with Crippen LogP contribution in [-0.4, -0.2) is 64.7 Å². The smallest absolute Gasteiger partial charge is 0.146 e. The van der Waals surface area contributed by atoms with Crippen LogP contribution in [0.5, 0.6) is 0 Å². The molecule has 3 heterocycles. The molecule has 0 aliphatic carbocycles. The second kappa shape index (κ2) is 8.90. The van der Waals surface area contributed by atoms with Crippen molar-refractivity contribution in [2.24, 2.45) is 0 Å². The van der Waals surface area contributed by atoms with Gasteiger partial charge in [0.05, 0.1) is 24.4 Å². The summed E-state index contributed by atoms with van der Waals surface area (Å²) in [5.74, 6) is -0.436. The second-order valence-corrected chi connectivity index (χ2v) is 8.17. The molecule has 0 bridgehead atoms. The van der Waals surface area contributed by atoms with Crippen molar-refractivity contribution < 1.29 is 19.3 Å². The van der Waals surface area contributed by atoms with Crippen molar-refractivity contribution in [1.29, 1.82) is 0 Å². The van der Waals surface area contributed by atoms with Gasteiger partial charge in [-0.1, -0.05) is 12.1 Å². The normalized spacial score (nSPS) is 19.6. The third-order valence-electron chi connectivity index (χ3n) is 6.19. The van der Waals surface area contributed by atoms with Gasteiger partial charge in [0.2, 0.25) is 0 Å². The van der Waals surface area contributed by atoms with Crippen LogP contribution in [0, 0.1) is 5.82 Å². The Kier molecular flexibility index (Phi) is 5.80. The third-order valence-corrected chi connectivity index (χ3v) is 6.19. The Morgan fingerprint density at radius 1 is 1.12 bits per heavy atom. The van der Waals surface area contributed by atoms with Gasteiger partial charge in [0.25, 0.3) is 0 Å². The summed E-state index contributed by atoms with van der Waals surface area (Å²) in [7, 11) is 1.69. The van der Waals surface area contributed by atoms with E-state index in [0.29, 0.717) is 30.2 Å².